The van der Waals surface area contributed by atoms with E-state index in [-0.39, 0.29) is 16.8 Å². The third-order valence-electron chi connectivity index (χ3n) is 8.55. The van der Waals surface area contributed by atoms with Gasteiger partial charge in [0.1, 0.15) is 5.69 Å². The van der Waals surface area contributed by atoms with Gasteiger partial charge in [-0.3, -0.25) is 4.72 Å². The van der Waals surface area contributed by atoms with Gasteiger partial charge in [0.2, 0.25) is 16.0 Å². The topological polar surface area (TPSA) is 128 Å². The van der Waals surface area contributed by atoms with E-state index in [4.69, 9.17) is 14.5 Å². The van der Waals surface area contributed by atoms with Crippen molar-refractivity contribution in [3.63, 3.8) is 0 Å². The highest BCUT2D eigenvalue weighted by molar-refractivity contribution is 7.93. The van der Waals surface area contributed by atoms with E-state index in [1.165, 1.54) is 0 Å². The van der Waals surface area contributed by atoms with E-state index >= 15 is 0 Å². The highest BCUT2D eigenvalue weighted by Gasteiger charge is 2.36. The third kappa shape index (κ3) is 5.72. The Morgan fingerprint density at radius 3 is 2.74 bits per heavy atom. The van der Waals surface area contributed by atoms with Gasteiger partial charge in [-0.05, 0) is 55.4 Å². The van der Waals surface area contributed by atoms with E-state index in [0.717, 1.165) is 37.3 Å². The summed E-state index contributed by atoms with van der Waals surface area (Å²) in [5, 5.41) is 8.63. The molecule has 5 aliphatic rings. The van der Waals surface area contributed by atoms with Gasteiger partial charge in [-0.2, -0.15) is 0 Å². The van der Waals surface area contributed by atoms with Crippen molar-refractivity contribution in [1.29, 1.82) is 0 Å². The minimum Gasteiger partial charge on any atom is -0.377 e. The van der Waals surface area contributed by atoms with Crippen molar-refractivity contribution >= 4 is 27.3 Å². The van der Waals surface area contributed by atoms with Crippen molar-refractivity contribution in [1.82, 2.24) is 25.0 Å². The van der Waals surface area contributed by atoms with Crippen LogP contribution in [0.15, 0.2) is 48.8 Å². The number of rotatable bonds is 3. The maximum Gasteiger partial charge on any atom is 0.235 e. The number of piperidine rings is 1. The summed E-state index contributed by atoms with van der Waals surface area (Å²) in [7, 11) is -3.39. The first-order valence-electron chi connectivity index (χ1n) is 14.6. The average molecular weight is 593 g/mol. The summed E-state index contributed by atoms with van der Waals surface area (Å²) >= 11 is 0. The summed E-state index contributed by atoms with van der Waals surface area (Å²) in [5.74, 6) is 0.624. The van der Waals surface area contributed by atoms with Crippen LogP contribution in [-0.2, 0) is 19.5 Å². The maximum atomic E-state index is 12.7. The van der Waals surface area contributed by atoms with Crippen LogP contribution in [-0.4, -0.2) is 90.7 Å². The second kappa shape index (κ2) is 10.9. The first-order chi connectivity index (χ1) is 20.4. The zero-order valence-electron chi connectivity index (χ0n) is 23.7. The Morgan fingerprint density at radius 1 is 1.05 bits per heavy atom. The molecule has 0 spiro atoms. The summed E-state index contributed by atoms with van der Waals surface area (Å²) < 4.78 is 42.1. The van der Waals surface area contributed by atoms with Crippen molar-refractivity contribution in [2.75, 3.05) is 60.5 Å². The van der Waals surface area contributed by atoms with Gasteiger partial charge in [-0.15, -0.1) is 5.10 Å². The van der Waals surface area contributed by atoms with E-state index in [1.807, 2.05) is 30.5 Å². The number of hydrogen-bond acceptors (Lipinski definition) is 10. The number of benzene rings is 1. The molecule has 1 aliphatic carbocycles. The summed E-state index contributed by atoms with van der Waals surface area (Å²) in [5.41, 5.74) is 3.65. The molecule has 8 rings (SSSR count). The predicted molar refractivity (Wildman–Crippen MR) is 159 cm³/mol. The summed E-state index contributed by atoms with van der Waals surface area (Å²) in [4.78, 5) is 13.8. The van der Waals surface area contributed by atoms with Crippen LogP contribution < -0.4 is 14.5 Å². The number of nitrogens with zero attached hydrogens (tertiary/aromatic N) is 7. The van der Waals surface area contributed by atoms with E-state index < -0.39 is 10.0 Å². The SMILES string of the molecule is CC12CCN(CC1)c1cc(NS(=O)(=O)C3CC3)ccc1-n1cc(nn1)-c1ccnc(n1)N1CCOC(/C=C\COC2)C1. The third-order valence-corrected chi connectivity index (χ3v) is 10.4. The number of sulfonamides is 1. The standard InChI is InChI=1S/C29H36N8O4S/c1-29-9-12-35(13-10-29)27-17-21(33-42(38,39)23-5-6-23)4-7-26(27)37-19-25(32-34-37)24-8-11-30-28(31-24)36-14-16-41-22(18-36)3-2-15-40-20-29/h2-4,7-8,11,17,19,22-23,33H,5-6,9-10,12-16,18,20H2,1H3/b3-2-. The van der Waals surface area contributed by atoms with Crippen LogP contribution in [0, 0.1) is 5.41 Å². The van der Waals surface area contributed by atoms with Crippen molar-refractivity contribution in [3.05, 3.63) is 48.8 Å². The number of aromatic nitrogens is 5. The van der Waals surface area contributed by atoms with Gasteiger partial charge in [-0.1, -0.05) is 24.3 Å². The molecule has 0 amide bonds. The second-order valence-electron chi connectivity index (χ2n) is 11.9. The lowest BCUT2D eigenvalue weighted by Gasteiger charge is -2.40. The molecule has 8 bridgehead atoms. The fourth-order valence-electron chi connectivity index (χ4n) is 5.79. The van der Waals surface area contributed by atoms with Gasteiger partial charge in [0.15, 0.2) is 0 Å². The Morgan fingerprint density at radius 2 is 1.90 bits per heavy atom. The molecule has 2 aromatic heterocycles. The van der Waals surface area contributed by atoms with Gasteiger partial charge >= 0.3 is 0 Å². The molecule has 13 heteroatoms. The second-order valence-corrected chi connectivity index (χ2v) is 13.9. The molecule has 4 aliphatic heterocycles. The fraction of sp³-hybridized carbons (Fsp3) is 0.517. The minimum absolute atomic E-state index is 0.0507. The van der Waals surface area contributed by atoms with Crippen LogP contribution in [0.4, 0.5) is 17.3 Å². The van der Waals surface area contributed by atoms with E-state index in [9.17, 15) is 8.42 Å². The normalized spacial score (nSPS) is 25.5. The summed E-state index contributed by atoms with van der Waals surface area (Å²) in [6.45, 7) is 7.04. The monoisotopic (exact) mass is 592 g/mol. The quantitative estimate of drug-likeness (QED) is 0.454. The van der Waals surface area contributed by atoms with Gasteiger partial charge in [0.05, 0.1) is 66.7 Å². The smallest absolute Gasteiger partial charge is 0.235 e. The number of hydrogen-bond donors (Lipinski definition) is 1. The number of anilines is 3. The van der Waals surface area contributed by atoms with Gasteiger partial charge < -0.3 is 19.3 Å². The maximum absolute atomic E-state index is 12.7. The van der Waals surface area contributed by atoms with E-state index in [0.29, 0.717) is 68.8 Å². The molecular formula is C29H36N8O4S. The van der Waals surface area contributed by atoms with Crippen molar-refractivity contribution in [3.8, 4) is 17.1 Å². The lowest BCUT2D eigenvalue weighted by molar-refractivity contribution is 0.0515. The Hall–Kier alpha value is -3.55. The van der Waals surface area contributed by atoms with E-state index in [1.54, 1.807) is 16.9 Å². The molecule has 1 saturated carbocycles. The first-order valence-corrected chi connectivity index (χ1v) is 16.2. The van der Waals surface area contributed by atoms with Crippen molar-refractivity contribution in [2.45, 2.75) is 44.0 Å². The number of fused-ring (bicyclic) bond motifs is 5. The lowest BCUT2D eigenvalue weighted by Crippen LogP contribution is -2.42. The molecule has 1 aromatic carbocycles. The Bertz CT molecular complexity index is 1580. The van der Waals surface area contributed by atoms with Crippen molar-refractivity contribution in [2.24, 2.45) is 5.41 Å². The first kappa shape index (κ1) is 27.3. The minimum atomic E-state index is -3.39. The average Bonchev–Trinajstić information content (AvgIpc) is 3.76. The highest BCUT2D eigenvalue weighted by atomic mass is 32.2. The molecule has 1 N–H and O–H groups in total. The molecule has 2 saturated heterocycles. The molecule has 12 nitrogen and oxygen atoms in total. The molecule has 42 heavy (non-hydrogen) atoms. The Kier molecular flexibility index (Phi) is 7.11. The Labute approximate surface area is 245 Å². The number of nitrogens with one attached hydrogen (secondary N) is 1. The van der Waals surface area contributed by atoms with Crippen LogP contribution in [0.2, 0.25) is 0 Å². The number of ether oxygens (including phenoxy) is 2. The zero-order valence-corrected chi connectivity index (χ0v) is 24.5. The van der Waals surface area contributed by atoms with Gasteiger partial charge in [0.25, 0.3) is 0 Å². The van der Waals surface area contributed by atoms with Crippen LogP contribution in [0.1, 0.15) is 32.6 Å². The molecule has 222 valence electrons. The molecule has 0 radical (unpaired) electrons. The molecule has 3 aromatic rings. The number of morpholine rings is 1. The van der Waals surface area contributed by atoms with Gasteiger partial charge in [-0.25, -0.2) is 23.1 Å². The van der Waals surface area contributed by atoms with Crippen LogP contribution in [0.3, 0.4) is 0 Å². The lowest BCUT2D eigenvalue weighted by atomic mass is 9.81. The highest BCUT2D eigenvalue weighted by Crippen LogP contribution is 2.38. The van der Waals surface area contributed by atoms with Crippen LogP contribution in [0.25, 0.3) is 17.1 Å². The van der Waals surface area contributed by atoms with Gasteiger partial charge in [0, 0.05) is 25.8 Å². The van der Waals surface area contributed by atoms with E-state index in [2.05, 4.69) is 42.8 Å². The van der Waals surface area contributed by atoms with Crippen molar-refractivity contribution < 1.29 is 17.9 Å². The summed E-state index contributed by atoms with van der Waals surface area (Å²) in [6.07, 6.45) is 11.0. The van der Waals surface area contributed by atoms with Crippen LogP contribution in [0.5, 0.6) is 0 Å². The predicted octanol–water partition coefficient (Wildman–Crippen LogP) is 3.03. The summed E-state index contributed by atoms with van der Waals surface area (Å²) in [6, 6.07) is 7.46. The Balaban J connectivity index is 1.26. The molecule has 6 heterocycles. The zero-order chi connectivity index (χ0) is 28.7. The molecule has 1 atom stereocenters. The largest absolute Gasteiger partial charge is 0.377 e. The molecule has 3 fully saturated rings. The molecule has 1 unspecified atom stereocenters. The molecular weight excluding hydrogens is 556 g/mol. The van der Waals surface area contributed by atoms with Crippen LogP contribution >= 0.6 is 0 Å². The fourth-order valence-corrected chi connectivity index (χ4v) is 7.17.